The predicted molar refractivity (Wildman–Crippen MR) is 78.1 cm³/mol. The summed E-state index contributed by atoms with van der Waals surface area (Å²) in [5.74, 6) is 0. The molecule has 1 aromatic heterocycles. The SMILES string of the molecule is Cc1ccc(S(=O)(=O)NC(=O)NCc2ccsc2)cc1. The Hall–Kier alpha value is -1.86. The summed E-state index contributed by atoms with van der Waals surface area (Å²) in [5, 5.41) is 6.27. The van der Waals surface area contributed by atoms with E-state index in [-0.39, 0.29) is 4.90 Å². The summed E-state index contributed by atoms with van der Waals surface area (Å²) in [5.41, 5.74) is 1.88. The first-order valence-electron chi connectivity index (χ1n) is 5.86. The molecule has 0 spiro atoms. The zero-order valence-corrected chi connectivity index (χ0v) is 12.4. The fourth-order valence-electron chi connectivity index (χ4n) is 1.51. The molecule has 0 saturated carbocycles. The number of thiophene rings is 1. The van der Waals surface area contributed by atoms with Gasteiger partial charge in [-0.2, -0.15) is 11.3 Å². The summed E-state index contributed by atoms with van der Waals surface area (Å²) in [6.45, 7) is 2.15. The van der Waals surface area contributed by atoms with Crippen molar-refractivity contribution >= 4 is 27.4 Å². The molecule has 0 bridgehead atoms. The number of carbonyl (C=O) groups is 1. The molecular formula is C13H14N2O3S2. The van der Waals surface area contributed by atoms with Crippen LogP contribution in [0.1, 0.15) is 11.1 Å². The van der Waals surface area contributed by atoms with Crippen molar-refractivity contribution in [2.24, 2.45) is 0 Å². The van der Waals surface area contributed by atoms with Gasteiger partial charge < -0.3 is 5.32 Å². The fraction of sp³-hybridized carbons (Fsp3) is 0.154. The molecule has 7 heteroatoms. The zero-order valence-electron chi connectivity index (χ0n) is 10.8. The van der Waals surface area contributed by atoms with Gasteiger partial charge in [-0.05, 0) is 41.4 Å². The molecule has 0 unspecified atom stereocenters. The van der Waals surface area contributed by atoms with Gasteiger partial charge in [0.05, 0.1) is 4.90 Å². The number of aryl methyl sites for hydroxylation is 1. The Morgan fingerprint density at radius 3 is 2.50 bits per heavy atom. The van der Waals surface area contributed by atoms with Gasteiger partial charge in [-0.15, -0.1) is 0 Å². The number of rotatable bonds is 4. The van der Waals surface area contributed by atoms with Crippen LogP contribution in [0.3, 0.4) is 0 Å². The van der Waals surface area contributed by atoms with Crippen molar-refractivity contribution in [3.05, 3.63) is 52.2 Å². The van der Waals surface area contributed by atoms with E-state index >= 15 is 0 Å². The molecule has 0 atom stereocenters. The topological polar surface area (TPSA) is 75.3 Å². The quantitative estimate of drug-likeness (QED) is 0.909. The molecule has 1 aromatic carbocycles. The van der Waals surface area contributed by atoms with Crippen LogP contribution >= 0.6 is 11.3 Å². The maximum Gasteiger partial charge on any atom is 0.328 e. The Morgan fingerprint density at radius 2 is 1.90 bits per heavy atom. The predicted octanol–water partition coefficient (Wildman–Crippen LogP) is 2.24. The summed E-state index contributed by atoms with van der Waals surface area (Å²) >= 11 is 1.51. The summed E-state index contributed by atoms with van der Waals surface area (Å²) in [6.07, 6.45) is 0. The number of nitrogens with one attached hydrogen (secondary N) is 2. The molecule has 0 aliphatic rings. The molecule has 2 N–H and O–H groups in total. The lowest BCUT2D eigenvalue weighted by molar-refractivity contribution is 0.245. The van der Waals surface area contributed by atoms with Gasteiger partial charge in [0, 0.05) is 6.54 Å². The average Bonchev–Trinajstić information content (AvgIpc) is 2.89. The van der Waals surface area contributed by atoms with Crippen molar-refractivity contribution in [1.29, 1.82) is 0 Å². The third kappa shape index (κ3) is 3.82. The van der Waals surface area contributed by atoms with E-state index in [4.69, 9.17) is 0 Å². The third-order valence-corrected chi connectivity index (χ3v) is 4.67. The molecule has 2 rings (SSSR count). The van der Waals surface area contributed by atoms with Gasteiger partial charge in [0.1, 0.15) is 0 Å². The molecule has 2 amide bonds. The van der Waals surface area contributed by atoms with Crippen LogP contribution in [0, 0.1) is 6.92 Å². The number of carbonyl (C=O) groups excluding carboxylic acids is 1. The highest BCUT2D eigenvalue weighted by molar-refractivity contribution is 7.90. The summed E-state index contributed by atoms with van der Waals surface area (Å²) in [6, 6.07) is 7.40. The highest BCUT2D eigenvalue weighted by atomic mass is 32.2. The number of hydrogen-bond acceptors (Lipinski definition) is 4. The first-order valence-corrected chi connectivity index (χ1v) is 8.28. The van der Waals surface area contributed by atoms with Gasteiger partial charge in [0.15, 0.2) is 0 Å². The number of sulfonamides is 1. The van der Waals surface area contributed by atoms with Crippen molar-refractivity contribution in [3.8, 4) is 0 Å². The number of amides is 2. The highest BCUT2D eigenvalue weighted by Gasteiger charge is 2.16. The van der Waals surface area contributed by atoms with Crippen LogP contribution < -0.4 is 10.0 Å². The first kappa shape index (κ1) is 14.5. The van der Waals surface area contributed by atoms with Gasteiger partial charge in [0.2, 0.25) is 0 Å². The number of benzene rings is 1. The first-order chi connectivity index (χ1) is 9.47. The van der Waals surface area contributed by atoms with Crippen LogP contribution in [0.15, 0.2) is 46.0 Å². The van der Waals surface area contributed by atoms with Crippen molar-refractivity contribution in [2.75, 3.05) is 0 Å². The Labute approximate surface area is 121 Å². The molecule has 0 radical (unpaired) electrons. The number of urea groups is 1. The molecule has 1 heterocycles. The van der Waals surface area contributed by atoms with Crippen molar-refractivity contribution in [1.82, 2.24) is 10.0 Å². The van der Waals surface area contributed by atoms with Crippen LogP contribution in [0.25, 0.3) is 0 Å². The van der Waals surface area contributed by atoms with Crippen LogP contribution in [-0.4, -0.2) is 14.4 Å². The fourth-order valence-corrected chi connectivity index (χ4v) is 3.11. The van der Waals surface area contributed by atoms with Crippen LogP contribution in [0.2, 0.25) is 0 Å². The molecule has 20 heavy (non-hydrogen) atoms. The normalized spacial score (nSPS) is 11.1. The molecule has 0 aliphatic heterocycles. The van der Waals surface area contributed by atoms with Crippen LogP contribution in [0.5, 0.6) is 0 Å². The lowest BCUT2D eigenvalue weighted by Gasteiger charge is -2.08. The van der Waals surface area contributed by atoms with E-state index in [0.29, 0.717) is 6.54 Å². The second kappa shape index (κ2) is 6.06. The maximum absolute atomic E-state index is 11.9. The maximum atomic E-state index is 11.9. The summed E-state index contributed by atoms with van der Waals surface area (Å²) in [7, 11) is -3.83. The van der Waals surface area contributed by atoms with Gasteiger partial charge in [-0.25, -0.2) is 17.9 Å². The molecule has 0 fully saturated rings. The third-order valence-electron chi connectivity index (χ3n) is 2.59. The van der Waals surface area contributed by atoms with Gasteiger partial charge in [0.25, 0.3) is 10.0 Å². The lowest BCUT2D eigenvalue weighted by Crippen LogP contribution is -2.38. The summed E-state index contributed by atoms with van der Waals surface area (Å²) < 4.78 is 25.9. The van der Waals surface area contributed by atoms with Crippen molar-refractivity contribution in [3.63, 3.8) is 0 Å². The Balaban J connectivity index is 1.97. The average molecular weight is 310 g/mol. The second-order valence-electron chi connectivity index (χ2n) is 4.23. The number of hydrogen-bond donors (Lipinski definition) is 2. The Kier molecular flexibility index (Phi) is 4.41. The molecule has 0 aliphatic carbocycles. The minimum absolute atomic E-state index is 0.0637. The summed E-state index contributed by atoms with van der Waals surface area (Å²) in [4.78, 5) is 11.7. The monoisotopic (exact) mass is 310 g/mol. The standard InChI is InChI=1S/C13H14N2O3S2/c1-10-2-4-12(5-3-10)20(17,18)15-13(16)14-8-11-6-7-19-9-11/h2-7,9H,8H2,1H3,(H2,14,15,16). The minimum atomic E-state index is -3.83. The lowest BCUT2D eigenvalue weighted by atomic mass is 10.2. The van der Waals surface area contributed by atoms with Crippen LogP contribution in [-0.2, 0) is 16.6 Å². The van der Waals surface area contributed by atoms with Gasteiger partial charge >= 0.3 is 6.03 Å². The van der Waals surface area contributed by atoms with E-state index in [1.54, 1.807) is 12.1 Å². The van der Waals surface area contributed by atoms with E-state index in [1.807, 2.05) is 28.5 Å². The minimum Gasteiger partial charge on any atom is -0.333 e. The molecule has 106 valence electrons. The van der Waals surface area contributed by atoms with E-state index in [9.17, 15) is 13.2 Å². The van der Waals surface area contributed by atoms with E-state index in [0.717, 1.165) is 11.1 Å². The molecular weight excluding hydrogens is 296 g/mol. The molecule has 2 aromatic rings. The Bertz CT molecular complexity index is 677. The van der Waals surface area contributed by atoms with E-state index in [2.05, 4.69) is 5.32 Å². The second-order valence-corrected chi connectivity index (χ2v) is 6.70. The smallest absolute Gasteiger partial charge is 0.328 e. The van der Waals surface area contributed by atoms with Crippen molar-refractivity contribution in [2.45, 2.75) is 18.4 Å². The van der Waals surface area contributed by atoms with Gasteiger partial charge in [-0.1, -0.05) is 17.7 Å². The zero-order chi connectivity index (χ0) is 14.6. The molecule has 5 nitrogen and oxygen atoms in total. The highest BCUT2D eigenvalue weighted by Crippen LogP contribution is 2.10. The molecule has 0 saturated heterocycles. The van der Waals surface area contributed by atoms with E-state index < -0.39 is 16.1 Å². The van der Waals surface area contributed by atoms with E-state index in [1.165, 1.54) is 23.5 Å². The largest absolute Gasteiger partial charge is 0.333 e. The van der Waals surface area contributed by atoms with Gasteiger partial charge in [-0.3, -0.25) is 0 Å². The van der Waals surface area contributed by atoms with Crippen molar-refractivity contribution < 1.29 is 13.2 Å². The Morgan fingerprint density at radius 1 is 1.20 bits per heavy atom. The van der Waals surface area contributed by atoms with Crippen LogP contribution in [0.4, 0.5) is 4.79 Å².